The Kier molecular flexibility index (Phi) is 3.03. The fraction of sp³-hybridized carbons (Fsp3) is 0.667. The third-order valence-electron chi connectivity index (χ3n) is 3.05. The summed E-state index contributed by atoms with van der Waals surface area (Å²) >= 11 is 0. The SMILES string of the molecule is NC(CC(=O)N1CCN2C(=O)NCC2C1)=NO. The van der Waals surface area contributed by atoms with Gasteiger partial charge in [-0.25, -0.2) is 4.79 Å². The molecule has 0 bridgehead atoms. The van der Waals surface area contributed by atoms with E-state index < -0.39 is 0 Å². The third-order valence-corrected chi connectivity index (χ3v) is 3.05. The van der Waals surface area contributed by atoms with Gasteiger partial charge >= 0.3 is 6.03 Å². The van der Waals surface area contributed by atoms with Gasteiger partial charge in [-0.3, -0.25) is 4.79 Å². The summed E-state index contributed by atoms with van der Waals surface area (Å²) in [5.41, 5.74) is 5.29. The van der Waals surface area contributed by atoms with E-state index in [1.807, 2.05) is 0 Å². The number of fused-ring (bicyclic) bond motifs is 1. The highest BCUT2D eigenvalue weighted by Crippen LogP contribution is 2.14. The quantitative estimate of drug-likeness (QED) is 0.233. The average molecular weight is 241 g/mol. The highest BCUT2D eigenvalue weighted by molar-refractivity contribution is 5.98. The Morgan fingerprint density at radius 3 is 3.06 bits per heavy atom. The van der Waals surface area contributed by atoms with Crippen molar-refractivity contribution in [2.45, 2.75) is 12.5 Å². The largest absolute Gasteiger partial charge is 0.409 e. The van der Waals surface area contributed by atoms with Gasteiger partial charge in [0.1, 0.15) is 5.84 Å². The van der Waals surface area contributed by atoms with Crippen LogP contribution in [0.1, 0.15) is 6.42 Å². The van der Waals surface area contributed by atoms with Crippen molar-refractivity contribution < 1.29 is 14.8 Å². The van der Waals surface area contributed by atoms with E-state index in [0.29, 0.717) is 26.2 Å². The standard InChI is InChI=1S/C9H15N5O3/c10-7(12-17)3-8(15)13-1-2-14-6(5-13)4-11-9(14)16/h6,17H,1-5H2,(H2,10,12)(H,11,16). The number of nitrogens with one attached hydrogen (secondary N) is 1. The molecule has 4 N–H and O–H groups in total. The van der Waals surface area contributed by atoms with E-state index in [1.165, 1.54) is 0 Å². The lowest BCUT2D eigenvalue weighted by molar-refractivity contribution is -0.132. The Morgan fingerprint density at radius 1 is 1.59 bits per heavy atom. The van der Waals surface area contributed by atoms with E-state index in [1.54, 1.807) is 9.80 Å². The fourth-order valence-electron chi connectivity index (χ4n) is 2.13. The Bertz CT molecular complexity index is 370. The van der Waals surface area contributed by atoms with Gasteiger partial charge in [0, 0.05) is 26.2 Å². The summed E-state index contributed by atoms with van der Waals surface area (Å²) in [6.45, 7) is 2.07. The number of amidine groups is 1. The second kappa shape index (κ2) is 4.48. The van der Waals surface area contributed by atoms with E-state index in [9.17, 15) is 9.59 Å². The molecule has 0 saturated carbocycles. The van der Waals surface area contributed by atoms with Crippen LogP contribution in [0.4, 0.5) is 4.79 Å². The molecule has 0 aliphatic carbocycles. The smallest absolute Gasteiger partial charge is 0.317 e. The second-order valence-corrected chi connectivity index (χ2v) is 4.14. The molecule has 2 fully saturated rings. The Labute approximate surface area is 98.0 Å². The first-order valence-corrected chi connectivity index (χ1v) is 5.40. The van der Waals surface area contributed by atoms with Gasteiger partial charge in [-0.1, -0.05) is 5.16 Å². The van der Waals surface area contributed by atoms with Crippen LogP contribution in [0.15, 0.2) is 5.16 Å². The van der Waals surface area contributed by atoms with Gasteiger partial charge < -0.3 is 26.1 Å². The molecule has 8 nitrogen and oxygen atoms in total. The molecule has 17 heavy (non-hydrogen) atoms. The molecule has 2 saturated heterocycles. The minimum atomic E-state index is -0.181. The van der Waals surface area contributed by atoms with Crippen LogP contribution in [0.2, 0.25) is 0 Å². The van der Waals surface area contributed by atoms with Gasteiger partial charge in [0.2, 0.25) is 5.91 Å². The number of amides is 3. The summed E-state index contributed by atoms with van der Waals surface area (Å²) in [7, 11) is 0. The van der Waals surface area contributed by atoms with Crippen LogP contribution in [0.25, 0.3) is 0 Å². The van der Waals surface area contributed by atoms with Crippen LogP contribution in [0, 0.1) is 0 Å². The maximum Gasteiger partial charge on any atom is 0.317 e. The lowest BCUT2D eigenvalue weighted by Gasteiger charge is -2.36. The number of hydrogen-bond acceptors (Lipinski definition) is 4. The summed E-state index contributed by atoms with van der Waals surface area (Å²) in [5.74, 6) is -0.280. The van der Waals surface area contributed by atoms with E-state index >= 15 is 0 Å². The summed E-state index contributed by atoms with van der Waals surface area (Å²) in [4.78, 5) is 26.5. The molecule has 2 aliphatic heterocycles. The van der Waals surface area contributed by atoms with Crippen molar-refractivity contribution in [2.24, 2.45) is 10.9 Å². The molecule has 94 valence electrons. The lowest BCUT2D eigenvalue weighted by Crippen LogP contribution is -2.54. The summed E-state index contributed by atoms with van der Waals surface area (Å²) in [6, 6.07) is -0.0361. The Balaban J connectivity index is 1.93. The monoisotopic (exact) mass is 241 g/mol. The van der Waals surface area contributed by atoms with E-state index in [4.69, 9.17) is 10.9 Å². The summed E-state index contributed by atoms with van der Waals surface area (Å²) < 4.78 is 0. The number of urea groups is 1. The van der Waals surface area contributed by atoms with Crippen LogP contribution in [-0.2, 0) is 4.79 Å². The van der Waals surface area contributed by atoms with E-state index in [-0.39, 0.29) is 30.2 Å². The maximum absolute atomic E-state index is 11.8. The first kappa shape index (κ1) is 11.5. The van der Waals surface area contributed by atoms with Gasteiger partial charge in [-0.05, 0) is 0 Å². The fourth-order valence-corrected chi connectivity index (χ4v) is 2.13. The number of nitrogens with two attached hydrogens (primary N) is 1. The third kappa shape index (κ3) is 2.24. The predicted molar refractivity (Wildman–Crippen MR) is 58.5 cm³/mol. The molecule has 2 rings (SSSR count). The lowest BCUT2D eigenvalue weighted by atomic mass is 10.2. The Hall–Kier alpha value is -1.99. The first-order valence-electron chi connectivity index (χ1n) is 5.40. The number of rotatable bonds is 2. The van der Waals surface area contributed by atoms with Gasteiger partial charge in [0.05, 0.1) is 12.5 Å². The normalized spacial score (nSPS) is 24.6. The molecule has 3 amide bonds. The van der Waals surface area contributed by atoms with Crippen molar-refractivity contribution in [1.29, 1.82) is 0 Å². The molecule has 1 unspecified atom stereocenters. The number of oxime groups is 1. The first-order chi connectivity index (χ1) is 8.11. The summed E-state index contributed by atoms with van der Waals surface area (Å²) in [6.07, 6.45) is -0.0927. The van der Waals surface area contributed by atoms with Gasteiger partial charge in [0.15, 0.2) is 0 Å². The van der Waals surface area contributed by atoms with Crippen molar-refractivity contribution in [3.63, 3.8) is 0 Å². The molecule has 0 spiro atoms. The van der Waals surface area contributed by atoms with Crippen LogP contribution < -0.4 is 11.1 Å². The number of nitrogens with zero attached hydrogens (tertiary/aromatic N) is 3. The zero-order valence-electron chi connectivity index (χ0n) is 9.30. The van der Waals surface area contributed by atoms with Crippen molar-refractivity contribution in [1.82, 2.24) is 15.1 Å². The highest BCUT2D eigenvalue weighted by Gasteiger charge is 2.36. The molecule has 1 atom stereocenters. The molecule has 0 aromatic rings. The number of piperazine rings is 1. The van der Waals surface area contributed by atoms with Crippen molar-refractivity contribution in [2.75, 3.05) is 26.2 Å². The molecule has 0 radical (unpaired) electrons. The van der Waals surface area contributed by atoms with Gasteiger partial charge in [0.25, 0.3) is 0 Å². The maximum atomic E-state index is 11.8. The van der Waals surface area contributed by atoms with Crippen molar-refractivity contribution >= 4 is 17.8 Å². The molecule has 8 heteroatoms. The molecular weight excluding hydrogens is 226 g/mol. The minimum Gasteiger partial charge on any atom is -0.409 e. The summed E-state index contributed by atoms with van der Waals surface area (Å²) in [5, 5.41) is 13.9. The minimum absolute atomic E-state index is 0.0347. The molecule has 0 aromatic heterocycles. The Morgan fingerprint density at radius 2 is 2.35 bits per heavy atom. The average Bonchev–Trinajstić information content (AvgIpc) is 2.70. The molecule has 0 aromatic carbocycles. The predicted octanol–water partition coefficient (Wildman–Crippen LogP) is -1.64. The second-order valence-electron chi connectivity index (χ2n) is 4.14. The van der Waals surface area contributed by atoms with Crippen LogP contribution >= 0.6 is 0 Å². The molecule has 2 heterocycles. The van der Waals surface area contributed by atoms with Crippen LogP contribution in [0.5, 0.6) is 0 Å². The van der Waals surface area contributed by atoms with Crippen molar-refractivity contribution in [3.8, 4) is 0 Å². The van der Waals surface area contributed by atoms with Crippen molar-refractivity contribution in [3.05, 3.63) is 0 Å². The van der Waals surface area contributed by atoms with Gasteiger partial charge in [-0.2, -0.15) is 0 Å². The molecular formula is C9H15N5O3. The molecule has 2 aliphatic rings. The van der Waals surface area contributed by atoms with Crippen LogP contribution in [0.3, 0.4) is 0 Å². The zero-order chi connectivity index (χ0) is 12.4. The van der Waals surface area contributed by atoms with Gasteiger partial charge in [-0.15, -0.1) is 0 Å². The van der Waals surface area contributed by atoms with E-state index in [2.05, 4.69) is 10.5 Å². The number of carbonyl (C=O) groups excluding carboxylic acids is 2. The van der Waals surface area contributed by atoms with E-state index in [0.717, 1.165) is 0 Å². The number of carbonyl (C=O) groups is 2. The zero-order valence-corrected chi connectivity index (χ0v) is 9.30. The number of hydrogen-bond donors (Lipinski definition) is 3. The van der Waals surface area contributed by atoms with Crippen LogP contribution in [-0.4, -0.2) is 65.0 Å². The highest BCUT2D eigenvalue weighted by atomic mass is 16.4. The topological polar surface area (TPSA) is 111 Å².